The van der Waals surface area contributed by atoms with Crippen molar-refractivity contribution in [3.63, 3.8) is 0 Å². The van der Waals surface area contributed by atoms with E-state index in [0.717, 1.165) is 18.6 Å². The Morgan fingerprint density at radius 1 is 1.29 bits per heavy atom. The van der Waals surface area contributed by atoms with Crippen LogP contribution in [0.4, 0.5) is 0 Å². The molecular formula is C17H26N2O2. The lowest BCUT2D eigenvalue weighted by Crippen LogP contribution is -2.33. The van der Waals surface area contributed by atoms with E-state index in [4.69, 9.17) is 4.74 Å². The molecule has 1 unspecified atom stereocenters. The summed E-state index contributed by atoms with van der Waals surface area (Å²) in [5, 5.41) is 3.27. The van der Waals surface area contributed by atoms with Gasteiger partial charge in [0.25, 0.3) is 0 Å². The standard InChI is InChI=1S/C17H26N2O2/c1-13(2)8-10-21-11-9-19-16(20)12-18-17(19)15-6-4-14(3)5-7-15/h4-7,13,17-18H,8-12H2,1-3H3. The number of nitrogens with zero attached hydrogens (tertiary/aromatic N) is 1. The Morgan fingerprint density at radius 2 is 2.00 bits per heavy atom. The Labute approximate surface area is 127 Å². The van der Waals surface area contributed by atoms with Crippen molar-refractivity contribution < 1.29 is 9.53 Å². The molecule has 0 spiro atoms. The van der Waals surface area contributed by atoms with Crippen molar-refractivity contribution in [2.75, 3.05) is 26.3 Å². The summed E-state index contributed by atoms with van der Waals surface area (Å²) in [5.41, 5.74) is 2.36. The first-order valence-electron chi connectivity index (χ1n) is 7.75. The molecule has 0 aromatic heterocycles. The minimum atomic E-state index is -0.0215. The van der Waals surface area contributed by atoms with Crippen LogP contribution < -0.4 is 5.32 Å². The smallest absolute Gasteiger partial charge is 0.238 e. The Bertz CT molecular complexity index is 456. The topological polar surface area (TPSA) is 41.6 Å². The van der Waals surface area contributed by atoms with Crippen molar-refractivity contribution in [3.05, 3.63) is 35.4 Å². The number of hydrogen-bond acceptors (Lipinski definition) is 3. The lowest BCUT2D eigenvalue weighted by atomic mass is 10.1. The molecule has 1 aromatic carbocycles. The largest absolute Gasteiger partial charge is 0.380 e. The van der Waals surface area contributed by atoms with Crippen molar-refractivity contribution >= 4 is 5.91 Å². The second-order valence-electron chi connectivity index (χ2n) is 6.08. The van der Waals surface area contributed by atoms with Gasteiger partial charge in [0.15, 0.2) is 0 Å². The molecule has 1 amide bonds. The van der Waals surface area contributed by atoms with Crippen molar-refractivity contribution in [1.82, 2.24) is 10.2 Å². The monoisotopic (exact) mass is 290 g/mol. The summed E-state index contributed by atoms with van der Waals surface area (Å²) in [6.45, 7) is 8.85. The van der Waals surface area contributed by atoms with Gasteiger partial charge in [-0.15, -0.1) is 0 Å². The van der Waals surface area contributed by atoms with E-state index in [1.165, 1.54) is 5.56 Å². The number of benzene rings is 1. The van der Waals surface area contributed by atoms with Gasteiger partial charge in [-0.3, -0.25) is 10.1 Å². The highest BCUT2D eigenvalue weighted by atomic mass is 16.5. The molecule has 1 saturated heterocycles. The van der Waals surface area contributed by atoms with E-state index in [2.05, 4.69) is 50.4 Å². The summed E-state index contributed by atoms with van der Waals surface area (Å²) in [6, 6.07) is 8.32. The summed E-state index contributed by atoms with van der Waals surface area (Å²) < 4.78 is 5.64. The highest BCUT2D eigenvalue weighted by molar-refractivity contribution is 5.80. The van der Waals surface area contributed by atoms with Crippen LogP contribution in [0.15, 0.2) is 24.3 Å². The first-order valence-corrected chi connectivity index (χ1v) is 7.75. The van der Waals surface area contributed by atoms with E-state index in [1.54, 1.807) is 0 Å². The minimum Gasteiger partial charge on any atom is -0.380 e. The number of carbonyl (C=O) groups is 1. The number of carbonyl (C=O) groups excluding carboxylic acids is 1. The minimum absolute atomic E-state index is 0.0215. The van der Waals surface area contributed by atoms with Gasteiger partial charge >= 0.3 is 0 Å². The first kappa shape index (κ1) is 16.0. The molecule has 1 atom stereocenters. The summed E-state index contributed by atoms with van der Waals surface area (Å²) in [4.78, 5) is 13.9. The highest BCUT2D eigenvalue weighted by Crippen LogP contribution is 2.22. The molecule has 1 aliphatic rings. The molecule has 1 aromatic rings. The van der Waals surface area contributed by atoms with Gasteiger partial charge in [0.1, 0.15) is 6.17 Å². The van der Waals surface area contributed by atoms with Crippen LogP contribution in [0.5, 0.6) is 0 Å². The van der Waals surface area contributed by atoms with Crippen molar-refractivity contribution in [1.29, 1.82) is 0 Å². The molecule has 1 aliphatic heterocycles. The third kappa shape index (κ3) is 4.55. The van der Waals surface area contributed by atoms with Crippen molar-refractivity contribution in [2.45, 2.75) is 33.4 Å². The van der Waals surface area contributed by atoms with Gasteiger partial charge in [0.05, 0.1) is 13.2 Å². The molecule has 0 radical (unpaired) electrons. The molecule has 0 bridgehead atoms. The first-order chi connectivity index (χ1) is 10.1. The molecule has 4 heteroatoms. The van der Waals surface area contributed by atoms with E-state index in [-0.39, 0.29) is 12.1 Å². The number of ether oxygens (including phenoxy) is 1. The van der Waals surface area contributed by atoms with Crippen LogP contribution in [0.25, 0.3) is 0 Å². The zero-order valence-corrected chi connectivity index (χ0v) is 13.3. The van der Waals surface area contributed by atoms with Gasteiger partial charge in [-0.05, 0) is 24.8 Å². The number of nitrogens with one attached hydrogen (secondary N) is 1. The number of rotatable bonds is 7. The van der Waals surface area contributed by atoms with Gasteiger partial charge in [-0.25, -0.2) is 0 Å². The second kappa shape index (κ2) is 7.57. The molecule has 21 heavy (non-hydrogen) atoms. The molecule has 2 rings (SSSR count). The SMILES string of the molecule is Cc1ccc(C2NCC(=O)N2CCOCCC(C)C)cc1. The van der Waals surface area contributed by atoms with E-state index >= 15 is 0 Å². The normalized spacial score (nSPS) is 18.8. The molecular weight excluding hydrogens is 264 g/mol. The average molecular weight is 290 g/mol. The fourth-order valence-electron chi connectivity index (χ4n) is 2.42. The Morgan fingerprint density at radius 3 is 2.67 bits per heavy atom. The third-order valence-electron chi connectivity index (χ3n) is 3.79. The predicted octanol–water partition coefficient (Wildman–Crippen LogP) is 2.49. The van der Waals surface area contributed by atoms with Crippen molar-refractivity contribution in [2.24, 2.45) is 5.92 Å². The van der Waals surface area contributed by atoms with Crippen LogP contribution in [-0.2, 0) is 9.53 Å². The van der Waals surface area contributed by atoms with Crippen LogP contribution in [-0.4, -0.2) is 37.1 Å². The van der Waals surface area contributed by atoms with Gasteiger partial charge in [0.2, 0.25) is 5.91 Å². The highest BCUT2D eigenvalue weighted by Gasteiger charge is 2.30. The quantitative estimate of drug-likeness (QED) is 0.784. The molecule has 4 nitrogen and oxygen atoms in total. The van der Waals surface area contributed by atoms with E-state index in [9.17, 15) is 4.79 Å². The molecule has 116 valence electrons. The van der Waals surface area contributed by atoms with Gasteiger partial charge in [-0.2, -0.15) is 0 Å². The Kier molecular flexibility index (Phi) is 5.76. The Balaban J connectivity index is 1.87. The molecule has 0 saturated carbocycles. The van der Waals surface area contributed by atoms with Crippen molar-refractivity contribution in [3.8, 4) is 0 Å². The summed E-state index contributed by atoms with van der Waals surface area (Å²) in [6.07, 6.45) is 1.04. The van der Waals surface area contributed by atoms with Gasteiger partial charge in [0, 0.05) is 13.2 Å². The van der Waals surface area contributed by atoms with Crippen LogP contribution in [0.1, 0.15) is 37.6 Å². The van der Waals surface area contributed by atoms with Gasteiger partial charge < -0.3 is 9.64 Å². The molecule has 0 aliphatic carbocycles. The van der Waals surface area contributed by atoms with Crippen LogP contribution in [0, 0.1) is 12.8 Å². The lowest BCUT2D eigenvalue weighted by Gasteiger charge is -2.24. The maximum Gasteiger partial charge on any atom is 0.238 e. The third-order valence-corrected chi connectivity index (χ3v) is 3.79. The number of hydrogen-bond donors (Lipinski definition) is 1. The zero-order valence-electron chi connectivity index (χ0n) is 13.3. The van der Waals surface area contributed by atoms with Crippen LogP contribution in [0.2, 0.25) is 0 Å². The van der Waals surface area contributed by atoms with Crippen LogP contribution >= 0.6 is 0 Å². The summed E-state index contributed by atoms with van der Waals surface area (Å²) in [7, 11) is 0. The summed E-state index contributed by atoms with van der Waals surface area (Å²) >= 11 is 0. The second-order valence-corrected chi connectivity index (χ2v) is 6.08. The van der Waals surface area contributed by atoms with Crippen LogP contribution in [0.3, 0.4) is 0 Å². The molecule has 1 N–H and O–H groups in total. The maximum absolute atomic E-state index is 12.0. The number of amides is 1. The van der Waals surface area contributed by atoms with E-state index < -0.39 is 0 Å². The maximum atomic E-state index is 12.0. The van der Waals surface area contributed by atoms with E-state index in [1.807, 2.05) is 4.90 Å². The molecule has 1 fully saturated rings. The zero-order chi connectivity index (χ0) is 15.2. The van der Waals surface area contributed by atoms with Gasteiger partial charge in [-0.1, -0.05) is 43.7 Å². The average Bonchev–Trinajstić information content (AvgIpc) is 2.80. The molecule has 1 heterocycles. The fraction of sp³-hybridized carbons (Fsp3) is 0.588. The number of aryl methyl sites for hydroxylation is 1. The predicted molar refractivity (Wildman–Crippen MR) is 83.9 cm³/mol. The van der Waals surface area contributed by atoms with E-state index in [0.29, 0.717) is 25.6 Å². The summed E-state index contributed by atoms with van der Waals surface area (Å²) in [5.74, 6) is 0.799. The lowest BCUT2D eigenvalue weighted by molar-refractivity contribution is -0.128. The fourth-order valence-corrected chi connectivity index (χ4v) is 2.42. The Hall–Kier alpha value is -1.39.